The summed E-state index contributed by atoms with van der Waals surface area (Å²) in [5.41, 5.74) is 15.2. The third-order valence-electron chi connectivity index (χ3n) is 5.55. The molecule has 2 aliphatic rings. The van der Waals surface area contributed by atoms with E-state index in [0.29, 0.717) is 12.5 Å². The van der Waals surface area contributed by atoms with Crippen LogP contribution in [-0.2, 0) is 12.8 Å². The molecule has 4 rings (SSSR count). The number of aliphatic imine (C=N–C) groups is 2. The van der Waals surface area contributed by atoms with Gasteiger partial charge in [-0.25, -0.2) is 4.99 Å². The lowest BCUT2D eigenvalue weighted by Crippen LogP contribution is -2.06. The van der Waals surface area contributed by atoms with Gasteiger partial charge in [0.05, 0.1) is 12.3 Å². The molecular formula is C29H33N3. The van der Waals surface area contributed by atoms with Crippen LogP contribution in [0.3, 0.4) is 0 Å². The standard InChI is InChI=1S/C24H25N3.C5H8/c1-4-16-10-11-20-19(16)6-5-7-21(20)24-26-14-23(27-24)18-9-8-17(12-15(2)3)22(25)13-18;1-3-5-4-2/h4-10,13,15H,1,11-12,14,25H2,2-3H3;3H2,1-2H3. The van der Waals surface area contributed by atoms with Gasteiger partial charge in [0, 0.05) is 23.2 Å². The lowest BCUT2D eigenvalue weighted by atomic mass is 9.98. The molecule has 0 radical (unpaired) electrons. The molecule has 0 atom stereocenters. The molecule has 0 bridgehead atoms. The van der Waals surface area contributed by atoms with E-state index >= 15 is 0 Å². The number of allylic oxidation sites excluding steroid dienone is 3. The highest BCUT2D eigenvalue weighted by atomic mass is 15.0. The molecule has 164 valence electrons. The van der Waals surface area contributed by atoms with E-state index in [1.54, 1.807) is 0 Å². The normalized spacial score (nSPS) is 13.8. The first-order valence-corrected chi connectivity index (χ1v) is 11.3. The number of hydrogen-bond donors (Lipinski definition) is 1. The fraction of sp³-hybridized carbons (Fsp3) is 0.310. The van der Waals surface area contributed by atoms with E-state index in [1.807, 2.05) is 26.0 Å². The van der Waals surface area contributed by atoms with E-state index in [9.17, 15) is 0 Å². The highest BCUT2D eigenvalue weighted by Crippen LogP contribution is 2.31. The number of fused-ring (bicyclic) bond motifs is 1. The molecule has 0 saturated carbocycles. The van der Waals surface area contributed by atoms with Crippen molar-refractivity contribution >= 4 is 22.8 Å². The minimum Gasteiger partial charge on any atom is -0.398 e. The number of hydrogen-bond acceptors (Lipinski definition) is 3. The number of nitrogens with two attached hydrogens (primary N) is 1. The molecule has 3 nitrogen and oxygen atoms in total. The fourth-order valence-corrected chi connectivity index (χ4v) is 4.03. The Balaban J connectivity index is 0.000000523. The van der Waals surface area contributed by atoms with Crippen molar-refractivity contribution in [2.24, 2.45) is 15.9 Å². The second-order valence-electron chi connectivity index (χ2n) is 8.39. The summed E-state index contributed by atoms with van der Waals surface area (Å²) in [7, 11) is 0. The van der Waals surface area contributed by atoms with Crippen LogP contribution in [-0.4, -0.2) is 18.1 Å². The summed E-state index contributed by atoms with van der Waals surface area (Å²) in [6, 6.07) is 12.6. The zero-order valence-corrected chi connectivity index (χ0v) is 19.7. The van der Waals surface area contributed by atoms with Gasteiger partial charge in [-0.2, -0.15) is 0 Å². The van der Waals surface area contributed by atoms with Gasteiger partial charge < -0.3 is 5.73 Å². The predicted octanol–water partition coefficient (Wildman–Crippen LogP) is 6.26. The van der Waals surface area contributed by atoms with Crippen molar-refractivity contribution in [3.63, 3.8) is 0 Å². The Morgan fingerprint density at radius 2 is 1.97 bits per heavy atom. The van der Waals surface area contributed by atoms with Gasteiger partial charge in [-0.3, -0.25) is 4.99 Å². The van der Waals surface area contributed by atoms with Crippen molar-refractivity contribution in [1.82, 2.24) is 0 Å². The third kappa shape index (κ3) is 5.26. The topological polar surface area (TPSA) is 50.7 Å². The van der Waals surface area contributed by atoms with Crippen LogP contribution in [0.1, 0.15) is 61.9 Å². The number of amidine groups is 1. The Morgan fingerprint density at radius 3 is 2.59 bits per heavy atom. The van der Waals surface area contributed by atoms with Gasteiger partial charge in [0.15, 0.2) is 5.84 Å². The quantitative estimate of drug-likeness (QED) is 0.448. The van der Waals surface area contributed by atoms with E-state index in [0.717, 1.165) is 47.6 Å². The van der Waals surface area contributed by atoms with Crippen LogP contribution in [0.4, 0.5) is 5.69 Å². The molecule has 32 heavy (non-hydrogen) atoms. The first kappa shape index (κ1) is 23.3. The Kier molecular flexibility index (Phi) is 7.84. The van der Waals surface area contributed by atoms with Gasteiger partial charge >= 0.3 is 0 Å². The summed E-state index contributed by atoms with van der Waals surface area (Å²) in [6.45, 7) is 12.8. The van der Waals surface area contributed by atoms with Gasteiger partial charge in [0.1, 0.15) is 0 Å². The average Bonchev–Trinajstić information content (AvgIpc) is 3.43. The maximum Gasteiger partial charge on any atom is 0.155 e. The minimum atomic E-state index is 0.589. The summed E-state index contributed by atoms with van der Waals surface area (Å²) in [5, 5.41) is 0. The summed E-state index contributed by atoms with van der Waals surface area (Å²) < 4.78 is 0. The van der Waals surface area contributed by atoms with Gasteiger partial charge in [-0.15, -0.1) is 11.8 Å². The number of rotatable bonds is 5. The second-order valence-corrected chi connectivity index (χ2v) is 8.39. The molecule has 0 amide bonds. The number of benzene rings is 2. The van der Waals surface area contributed by atoms with E-state index in [2.05, 4.69) is 68.7 Å². The molecule has 2 aromatic carbocycles. The molecule has 2 N–H and O–H groups in total. The largest absolute Gasteiger partial charge is 0.398 e. The van der Waals surface area contributed by atoms with Crippen molar-refractivity contribution < 1.29 is 0 Å². The molecule has 3 heteroatoms. The lowest BCUT2D eigenvalue weighted by molar-refractivity contribution is 0.648. The highest BCUT2D eigenvalue weighted by molar-refractivity contribution is 6.18. The fourth-order valence-electron chi connectivity index (χ4n) is 4.03. The van der Waals surface area contributed by atoms with Gasteiger partial charge in [-0.1, -0.05) is 69.8 Å². The zero-order valence-electron chi connectivity index (χ0n) is 19.7. The molecule has 1 aliphatic carbocycles. The number of anilines is 1. The lowest BCUT2D eigenvalue weighted by Gasteiger charge is -2.10. The van der Waals surface area contributed by atoms with Crippen molar-refractivity contribution in [2.75, 3.05) is 12.3 Å². The van der Waals surface area contributed by atoms with E-state index < -0.39 is 0 Å². The van der Waals surface area contributed by atoms with Crippen LogP contribution in [0.25, 0.3) is 5.57 Å². The summed E-state index contributed by atoms with van der Waals surface area (Å²) in [4.78, 5) is 9.57. The van der Waals surface area contributed by atoms with Crippen LogP contribution in [0.2, 0.25) is 0 Å². The van der Waals surface area contributed by atoms with Crippen LogP contribution in [0.5, 0.6) is 0 Å². The van der Waals surface area contributed by atoms with E-state index in [1.165, 1.54) is 22.3 Å². The summed E-state index contributed by atoms with van der Waals surface area (Å²) >= 11 is 0. The van der Waals surface area contributed by atoms with Crippen LogP contribution in [0.15, 0.2) is 65.1 Å². The predicted molar refractivity (Wildman–Crippen MR) is 139 cm³/mol. The van der Waals surface area contributed by atoms with Crippen LogP contribution in [0, 0.1) is 17.8 Å². The monoisotopic (exact) mass is 423 g/mol. The van der Waals surface area contributed by atoms with Crippen LogP contribution < -0.4 is 5.73 Å². The summed E-state index contributed by atoms with van der Waals surface area (Å²) in [6.07, 6.45) is 7.02. The Morgan fingerprint density at radius 1 is 1.19 bits per heavy atom. The smallest absolute Gasteiger partial charge is 0.155 e. The minimum absolute atomic E-state index is 0.589. The van der Waals surface area contributed by atoms with E-state index in [-0.39, 0.29) is 0 Å². The maximum atomic E-state index is 6.28. The Labute approximate surface area is 192 Å². The first-order valence-electron chi connectivity index (χ1n) is 11.3. The van der Waals surface area contributed by atoms with Crippen molar-refractivity contribution in [3.05, 3.63) is 82.9 Å². The molecule has 0 fully saturated rings. The number of nitrogen functional groups attached to an aromatic ring is 1. The second kappa shape index (κ2) is 10.8. The molecule has 1 heterocycles. The third-order valence-corrected chi connectivity index (χ3v) is 5.55. The molecule has 0 spiro atoms. The van der Waals surface area contributed by atoms with E-state index in [4.69, 9.17) is 15.7 Å². The molecule has 0 saturated heterocycles. The van der Waals surface area contributed by atoms with Crippen molar-refractivity contribution in [2.45, 2.75) is 47.0 Å². The van der Waals surface area contributed by atoms with Gasteiger partial charge in [-0.05, 0) is 54.0 Å². The molecular weight excluding hydrogens is 390 g/mol. The van der Waals surface area contributed by atoms with Crippen molar-refractivity contribution in [1.29, 1.82) is 0 Å². The zero-order chi connectivity index (χ0) is 23.1. The van der Waals surface area contributed by atoms with Gasteiger partial charge in [0.2, 0.25) is 0 Å². The molecule has 1 aliphatic heterocycles. The Bertz CT molecular complexity index is 1150. The first-order chi connectivity index (χ1) is 15.5. The van der Waals surface area contributed by atoms with Gasteiger partial charge in [0.25, 0.3) is 0 Å². The average molecular weight is 424 g/mol. The Hall–Kier alpha value is -3.38. The maximum absolute atomic E-state index is 6.28. The van der Waals surface area contributed by atoms with Crippen LogP contribution >= 0.6 is 0 Å². The molecule has 2 aromatic rings. The molecule has 0 aromatic heterocycles. The summed E-state index contributed by atoms with van der Waals surface area (Å²) in [5.74, 6) is 7.04. The van der Waals surface area contributed by atoms with Crippen molar-refractivity contribution in [3.8, 4) is 11.8 Å². The SMILES string of the molecule is C=CC1=CCc2c1cccc2C1=NCC(c2ccc(CC(C)C)c(N)c2)=N1.CC#CCC. The number of nitrogens with zero attached hydrogens (tertiary/aromatic N) is 2. The highest BCUT2D eigenvalue weighted by Gasteiger charge is 2.21. The molecule has 0 unspecified atom stereocenters.